The first kappa shape index (κ1) is 42.5. The Labute approximate surface area is 420 Å². The van der Waals surface area contributed by atoms with E-state index in [-0.39, 0.29) is 5.41 Å². The summed E-state index contributed by atoms with van der Waals surface area (Å²) < 4.78 is 13.8. The molecule has 0 unspecified atom stereocenters. The second kappa shape index (κ2) is 15.6. The Morgan fingerprint density at radius 1 is 0.389 bits per heavy atom. The Kier molecular flexibility index (Phi) is 9.18. The van der Waals surface area contributed by atoms with E-state index in [0.29, 0.717) is 0 Å². The van der Waals surface area contributed by atoms with Gasteiger partial charge >= 0.3 is 0 Å². The van der Waals surface area contributed by atoms with Gasteiger partial charge in [0.25, 0.3) is 0 Å². The Bertz CT molecular complexity index is 4370. The molecule has 0 radical (unpaired) electrons. The molecule has 2 heterocycles. The van der Waals surface area contributed by atoms with Crippen LogP contribution in [0.1, 0.15) is 30.5 Å². The molecule has 0 saturated carbocycles. The first-order chi connectivity index (χ1) is 35.0. The zero-order valence-electron chi connectivity index (χ0n) is 41.3. The average Bonchev–Trinajstić information content (AvgIpc) is 4.05. The maximum atomic E-state index is 7.03. The van der Waals surface area contributed by atoms with Crippen molar-refractivity contribution in [3.05, 3.63) is 223 Å². The zero-order chi connectivity index (χ0) is 48.6. The molecule has 0 spiro atoms. The van der Waals surface area contributed by atoms with Crippen LogP contribution in [0.15, 0.2) is 215 Å². The summed E-state index contributed by atoms with van der Waals surface area (Å²) >= 11 is 0. The fraction of sp³-hybridized carbons (Fsp3) is 0.104. The van der Waals surface area contributed by atoms with Crippen LogP contribution in [0.2, 0.25) is 19.6 Å². The highest BCUT2D eigenvalue weighted by atomic mass is 28.3. The topological polar surface area (TPSA) is 32.8 Å². The number of hydrogen-bond donors (Lipinski definition) is 0. The van der Waals surface area contributed by atoms with Crippen LogP contribution in [0.25, 0.3) is 87.3 Å². The molecule has 1 aliphatic carbocycles. The lowest BCUT2D eigenvalue weighted by Gasteiger charge is -2.28. The van der Waals surface area contributed by atoms with Crippen LogP contribution < -0.4 is 15.0 Å². The summed E-state index contributed by atoms with van der Waals surface area (Å²) in [5.74, 6) is 0. The molecule has 72 heavy (non-hydrogen) atoms. The quantitative estimate of drug-likeness (QED) is 0.118. The van der Waals surface area contributed by atoms with E-state index < -0.39 is 8.07 Å². The van der Waals surface area contributed by atoms with Gasteiger partial charge in [0, 0.05) is 49.7 Å². The summed E-state index contributed by atoms with van der Waals surface area (Å²) in [7, 11) is -1.70. The van der Waals surface area contributed by atoms with E-state index in [1.165, 1.54) is 65.1 Å². The summed E-state index contributed by atoms with van der Waals surface area (Å²) in [5.41, 5.74) is 16.3. The minimum Gasteiger partial charge on any atom is -0.454 e. The Hall–Kier alpha value is -8.38. The van der Waals surface area contributed by atoms with Crippen LogP contribution in [-0.2, 0) is 5.41 Å². The van der Waals surface area contributed by atoms with Gasteiger partial charge in [-0.2, -0.15) is 0 Å². The molecule has 4 nitrogen and oxygen atoms in total. The van der Waals surface area contributed by atoms with Crippen LogP contribution in [-0.4, -0.2) is 8.07 Å². The lowest BCUT2D eigenvalue weighted by atomic mass is 9.79. The van der Waals surface area contributed by atoms with Crippen molar-refractivity contribution in [3.8, 4) is 11.1 Å². The number of hydrogen-bond acceptors (Lipinski definition) is 4. The van der Waals surface area contributed by atoms with Crippen LogP contribution in [0.3, 0.4) is 0 Å². The van der Waals surface area contributed by atoms with Crippen LogP contribution in [0.4, 0.5) is 34.1 Å². The molecule has 2 aromatic heterocycles. The Balaban J connectivity index is 0.940. The number of rotatable bonds is 7. The average molecular weight is 945 g/mol. The number of aryl methyl sites for hydroxylation is 1. The van der Waals surface area contributed by atoms with Crippen LogP contribution in [0, 0.1) is 6.92 Å². The number of nitrogens with zero attached hydrogens (tertiary/aromatic N) is 2. The Morgan fingerprint density at radius 2 is 0.917 bits per heavy atom. The molecule has 0 atom stereocenters. The third-order valence-corrected chi connectivity index (χ3v) is 17.6. The van der Waals surface area contributed by atoms with Gasteiger partial charge < -0.3 is 18.6 Å². The van der Waals surface area contributed by atoms with Gasteiger partial charge in [0.1, 0.15) is 11.2 Å². The molecule has 0 amide bonds. The molecule has 0 bridgehead atoms. The fourth-order valence-corrected chi connectivity index (χ4v) is 13.7. The normalized spacial score (nSPS) is 13.2. The molecule has 346 valence electrons. The maximum absolute atomic E-state index is 7.03. The van der Waals surface area contributed by atoms with E-state index in [9.17, 15) is 0 Å². The zero-order valence-corrected chi connectivity index (χ0v) is 42.3. The van der Waals surface area contributed by atoms with E-state index in [2.05, 4.69) is 256 Å². The highest BCUT2D eigenvalue weighted by Gasteiger charge is 2.39. The third-order valence-electron chi connectivity index (χ3n) is 15.6. The van der Waals surface area contributed by atoms with Crippen molar-refractivity contribution in [2.75, 3.05) is 9.80 Å². The molecule has 1 aliphatic rings. The van der Waals surface area contributed by atoms with E-state index in [1.54, 1.807) is 0 Å². The minimum atomic E-state index is -1.70. The summed E-state index contributed by atoms with van der Waals surface area (Å²) in [4.78, 5) is 4.74. The van der Waals surface area contributed by atoms with Crippen LogP contribution >= 0.6 is 0 Å². The monoisotopic (exact) mass is 944 g/mol. The van der Waals surface area contributed by atoms with Crippen molar-refractivity contribution in [3.63, 3.8) is 0 Å². The number of furan rings is 2. The predicted octanol–water partition coefficient (Wildman–Crippen LogP) is 19.0. The second-order valence-electron chi connectivity index (χ2n) is 21.3. The third kappa shape index (κ3) is 6.23. The molecule has 5 heteroatoms. The summed E-state index contributed by atoms with van der Waals surface area (Å²) in [5, 5.41) is 13.3. The van der Waals surface area contributed by atoms with Gasteiger partial charge in [-0.15, -0.1) is 0 Å². The smallest absolute Gasteiger partial charge is 0.159 e. The molecule has 14 rings (SSSR count). The van der Waals surface area contributed by atoms with Crippen molar-refractivity contribution in [1.29, 1.82) is 0 Å². The second-order valence-corrected chi connectivity index (χ2v) is 26.4. The SMILES string of the molecule is Cc1cccc2c1oc1c(N(c3ccccc3)c3ccc4c5c(c6ccccc6c4c3)-c3cc4ccc(N(c6ccccc6)c6cccc7c6oc6c([Si](C)(C)C)cccc67)cc4cc3C5(C)C)cccc12. The first-order valence-corrected chi connectivity index (χ1v) is 28.7. The first-order valence-electron chi connectivity index (χ1n) is 25.2. The molecule has 11 aromatic carbocycles. The van der Waals surface area contributed by atoms with E-state index in [4.69, 9.17) is 8.83 Å². The fourth-order valence-electron chi connectivity index (χ4n) is 12.2. The molecule has 0 N–H and O–H groups in total. The summed E-state index contributed by atoms with van der Waals surface area (Å²) in [6.07, 6.45) is 0. The summed E-state index contributed by atoms with van der Waals surface area (Å²) in [6, 6.07) is 75.6. The maximum Gasteiger partial charge on any atom is 0.159 e. The van der Waals surface area contributed by atoms with Gasteiger partial charge in [-0.25, -0.2) is 0 Å². The van der Waals surface area contributed by atoms with E-state index >= 15 is 0 Å². The van der Waals surface area contributed by atoms with Gasteiger partial charge in [-0.1, -0.05) is 167 Å². The standard InChI is InChI=1S/C67H52N2O2Si/c1-41-19-15-26-51-52-27-16-30-58(64(52)70-63(41)51)69(45-22-11-8-12-23-45)47-35-36-50-55(40-47)48-24-13-14-25-49(48)61-56-38-42-33-34-46(37-43(42)39-57(56)67(2,3)62(50)61)68(44-20-9-7-10-21-44)59-31-17-28-53-54-29-18-32-60(72(4,5)6)66(54)71-65(53)59/h7-40H,1-6H3. The van der Waals surface area contributed by atoms with E-state index in [1.807, 2.05) is 0 Å². The van der Waals surface area contributed by atoms with Gasteiger partial charge in [0.15, 0.2) is 11.2 Å². The number of anilines is 6. The predicted molar refractivity (Wildman–Crippen MR) is 308 cm³/mol. The Morgan fingerprint density at radius 3 is 1.57 bits per heavy atom. The number of para-hydroxylation sites is 6. The van der Waals surface area contributed by atoms with Crippen LogP contribution in [0.5, 0.6) is 0 Å². The van der Waals surface area contributed by atoms with Gasteiger partial charge in [-0.3, -0.25) is 0 Å². The van der Waals surface area contributed by atoms with Gasteiger partial charge in [0.2, 0.25) is 0 Å². The van der Waals surface area contributed by atoms with Gasteiger partial charge in [-0.05, 0) is 145 Å². The lowest BCUT2D eigenvalue weighted by Crippen LogP contribution is -2.37. The van der Waals surface area contributed by atoms with E-state index in [0.717, 1.165) is 78.2 Å². The lowest BCUT2D eigenvalue weighted by molar-refractivity contribution is 0.666. The highest BCUT2D eigenvalue weighted by molar-refractivity contribution is 6.90. The number of benzene rings is 11. The van der Waals surface area contributed by atoms with Crippen molar-refractivity contribution < 1.29 is 8.83 Å². The molecular formula is C67H52N2O2Si. The van der Waals surface area contributed by atoms with Crippen molar-refractivity contribution >= 4 is 124 Å². The molecule has 0 fully saturated rings. The van der Waals surface area contributed by atoms with Crippen molar-refractivity contribution in [2.45, 2.75) is 45.8 Å². The summed E-state index contributed by atoms with van der Waals surface area (Å²) in [6.45, 7) is 14.1. The van der Waals surface area contributed by atoms with Crippen molar-refractivity contribution in [2.24, 2.45) is 0 Å². The molecule has 0 saturated heterocycles. The highest BCUT2D eigenvalue weighted by Crippen LogP contribution is 2.56. The molecule has 0 aliphatic heterocycles. The van der Waals surface area contributed by atoms with Crippen molar-refractivity contribution in [1.82, 2.24) is 0 Å². The molecule has 13 aromatic rings. The minimum absolute atomic E-state index is 0.303. The molecular weight excluding hydrogens is 893 g/mol. The largest absolute Gasteiger partial charge is 0.454 e. The number of fused-ring (bicyclic) bond motifs is 15. The van der Waals surface area contributed by atoms with Gasteiger partial charge in [0.05, 0.1) is 19.4 Å².